The molecule has 0 aliphatic rings. The molecule has 1 aromatic carbocycles. The highest BCUT2D eigenvalue weighted by atomic mass is 16.4. The molecule has 112 valence electrons. The average Bonchev–Trinajstić information content (AvgIpc) is 2.86. The summed E-state index contributed by atoms with van der Waals surface area (Å²) in [5, 5.41) is 12.2. The maximum atomic E-state index is 11.9. The first-order valence-corrected chi connectivity index (χ1v) is 6.88. The van der Waals surface area contributed by atoms with Gasteiger partial charge >= 0.3 is 5.97 Å². The van der Waals surface area contributed by atoms with E-state index in [4.69, 9.17) is 10.8 Å². The smallest absolute Gasteiger partial charge is 0.303 e. The monoisotopic (exact) mass is 289 g/mol. The molecule has 0 aliphatic heterocycles. The molecule has 0 unspecified atom stereocenters. The van der Waals surface area contributed by atoms with Crippen LogP contribution in [0.15, 0.2) is 30.5 Å². The van der Waals surface area contributed by atoms with Crippen LogP contribution in [0.4, 0.5) is 0 Å². The van der Waals surface area contributed by atoms with Crippen LogP contribution in [-0.4, -0.2) is 34.6 Å². The van der Waals surface area contributed by atoms with Crippen LogP contribution in [0.3, 0.4) is 0 Å². The van der Waals surface area contributed by atoms with Crippen molar-refractivity contribution in [2.45, 2.75) is 25.3 Å². The van der Waals surface area contributed by atoms with Gasteiger partial charge in [0.05, 0.1) is 6.04 Å². The molecule has 6 heteroatoms. The summed E-state index contributed by atoms with van der Waals surface area (Å²) in [6.45, 7) is 0.326. The molecule has 1 amide bonds. The molecule has 6 nitrogen and oxygen atoms in total. The molecule has 2 rings (SSSR count). The molecule has 0 saturated carbocycles. The van der Waals surface area contributed by atoms with Crippen LogP contribution in [0, 0.1) is 0 Å². The molecular weight excluding hydrogens is 270 g/mol. The van der Waals surface area contributed by atoms with Gasteiger partial charge in [-0.25, -0.2) is 0 Å². The van der Waals surface area contributed by atoms with E-state index in [2.05, 4.69) is 10.3 Å². The Bertz CT molecular complexity index is 636. The minimum Gasteiger partial charge on any atom is -0.481 e. The molecule has 5 N–H and O–H groups in total. The van der Waals surface area contributed by atoms with Crippen molar-refractivity contribution >= 4 is 22.8 Å². The largest absolute Gasteiger partial charge is 0.481 e. The van der Waals surface area contributed by atoms with E-state index in [1.165, 1.54) is 0 Å². The van der Waals surface area contributed by atoms with Crippen molar-refractivity contribution in [1.82, 2.24) is 10.3 Å². The van der Waals surface area contributed by atoms with E-state index in [1.54, 1.807) is 0 Å². The van der Waals surface area contributed by atoms with Crippen LogP contribution in [-0.2, 0) is 16.0 Å². The third-order valence-electron chi connectivity index (χ3n) is 3.32. The fraction of sp³-hybridized carbons (Fsp3) is 0.333. The van der Waals surface area contributed by atoms with Crippen LogP contribution < -0.4 is 11.1 Å². The number of carboxylic acids is 1. The quantitative estimate of drug-likeness (QED) is 0.571. The van der Waals surface area contributed by atoms with Crippen LogP contribution in [0.25, 0.3) is 10.9 Å². The molecule has 0 saturated heterocycles. The normalized spacial score (nSPS) is 12.2. The molecule has 0 radical (unpaired) electrons. The number of rotatable bonds is 7. The van der Waals surface area contributed by atoms with E-state index in [0.29, 0.717) is 19.4 Å². The number of nitrogens with one attached hydrogen (secondary N) is 2. The summed E-state index contributed by atoms with van der Waals surface area (Å²) in [5.74, 6) is -1.13. The van der Waals surface area contributed by atoms with E-state index in [9.17, 15) is 9.59 Å². The second-order valence-electron chi connectivity index (χ2n) is 4.96. The van der Waals surface area contributed by atoms with Crippen LogP contribution in [0.5, 0.6) is 0 Å². The number of aromatic nitrogens is 1. The number of H-pyrrole nitrogens is 1. The van der Waals surface area contributed by atoms with Gasteiger partial charge in [-0.05, 0) is 24.5 Å². The molecule has 1 aromatic heterocycles. The lowest BCUT2D eigenvalue weighted by Crippen LogP contribution is -2.42. The number of aromatic amines is 1. The van der Waals surface area contributed by atoms with Crippen LogP contribution in [0.2, 0.25) is 0 Å². The Balaban J connectivity index is 1.87. The Kier molecular flexibility index (Phi) is 4.94. The van der Waals surface area contributed by atoms with Gasteiger partial charge in [-0.3, -0.25) is 9.59 Å². The van der Waals surface area contributed by atoms with Gasteiger partial charge in [-0.15, -0.1) is 0 Å². The number of amides is 1. The highest BCUT2D eigenvalue weighted by Crippen LogP contribution is 2.18. The summed E-state index contributed by atoms with van der Waals surface area (Å²) in [4.78, 5) is 25.4. The van der Waals surface area contributed by atoms with E-state index in [-0.39, 0.29) is 12.3 Å². The van der Waals surface area contributed by atoms with Gasteiger partial charge < -0.3 is 21.1 Å². The molecular formula is C15H19N3O3. The summed E-state index contributed by atoms with van der Waals surface area (Å²) in [5.41, 5.74) is 7.91. The van der Waals surface area contributed by atoms with E-state index in [1.807, 2.05) is 30.5 Å². The number of benzene rings is 1. The van der Waals surface area contributed by atoms with Gasteiger partial charge in [0.15, 0.2) is 0 Å². The average molecular weight is 289 g/mol. The second-order valence-corrected chi connectivity index (χ2v) is 4.96. The number of hydrogen-bond donors (Lipinski definition) is 4. The zero-order chi connectivity index (χ0) is 15.2. The number of hydrogen-bond acceptors (Lipinski definition) is 3. The van der Waals surface area contributed by atoms with Gasteiger partial charge in [-0.2, -0.15) is 0 Å². The first-order valence-electron chi connectivity index (χ1n) is 6.88. The van der Waals surface area contributed by atoms with Gasteiger partial charge in [-0.1, -0.05) is 18.2 Å². The highest BCUT2D eigenvalue weighted by molar-refractivity contribution is 5.86. The van der Waals surface area contributed by atoms with Crippen molar-refractivity contribution in [1.29, 1.82) is 0 Å². The molecule has 0 spiro atoms. The minimum atomic E-state index is -0.868. The topological polar surface area (TPSA) is 108 Å². The maximum absolute atomic E-state index is 11.9. The summed E-state index contributed by atoms with van der Waals surface area (Å²) in [6, 6.07) is 7.19. The summed E-state index contributed by atoms with van der Waals surface area (Å²) in [6.07, 6.45) is 2.75. The second kappa shape index (κ2) is 6.90. The fourth-order valence-corrected chi connectivity index (χ4v) is 2.21. The van der Waals surface area contributed by atoms with Crippen LogP contribution in [0.1, 0.15) is 18.4 Å². The summed E-state index contributed by atoms with van der Waals surface area (Å²) < 4.78 is 0. The zero-order valence-corrected chi connectivity index (χ0v) is 11.6. The lowest BCUT2D eigenvalue weighted by molar-refractivity contribution is -0.137. The lowest BCUT2D eigenvalue weighted by Gasteiger charge is -2.11. The Morgan fingerprint density at radius 1 is 1.33 bits per heavy atom. The maximum Gasteiger partial charge on any atom is 0.303 e. The molecule has 2 aromatic rings. The summed E-state index contributed by atoms with van der Waals surface area (Å²) in [7, 11) is 0. The van der Waals surface area contributed by atoms with Crippen molar-refractivity contribution in [3.8, 4) is 0 Å². The van der Waals surface area contributed by atoms with Crippen molar-refractivity contribution in [2.24, 2.45) is 5.73 Å². The fourth-order valence-electron chi connectivity index (χ4n) is 2.21. The zero-order valence-electron chi connectivity index (χ0n) is 11.6. The van der Waals surface area contributed by atoms with Crippen molar-refractivity contribution < 1.29 is 14.7 Å². The van der Waals surface area contributed by atoms with E-state index in [0.717, 1.165) is 16.5 Å². The standard InChI is InChI=1S/C15H19N3O3/c16-12(15(21)17-7-3-6-14(19)20)8-10-9-18-13-5-2-1-4-11(10)13/h1-2,4-5,9,12,18H,3,6-8,16H2,(H,17,21)(H,19,20)/t12-/m1/s1. The number of carboxylic acid groups (broad SMARTS) is 1. The number of para-hydroxylation sites is 1. The SMILES string of the molecule is N[C@H](Cc1c[nH]c2ccccc12)C(=O)NCCCC(=O)O. The predicted molar refractivity (Wildman–Crippen MR) is 79.9 cm³/mol. The molecule has 0 aliphatic carbocycles. The Labute approximate surface area is 122 Å². The number of carbonyl (C=O) groups excluding carboxylic acids is 1. The third kappa shape index (κ3) is 4.06. The first kappa shape index (κ1) is 15.1. The Hall–Kier alpha value is -2.34. The predicted octanol–water partition coefficient (Wildman–Crippen LogP) is 1.02. The molecule has 1 atom stereocenters. The highest BCUT2D eigenvalue weighted by Gasteiger charge is 2.15. The summed E-state index contributed by atoms with van der Waals surface area (Å²) >= 11 is 0. The number of aliphatic carboxylic acids is 1. The number of carbonyl (C=O) groups is 2. The Morgan fingerprint density at radius 3 is 2.86 bits per heavy atom. The lowest BCUT2D eigenvalue weighted by atomic mass is 10.1. The van der Waals surface area contributed by atoms with Gasteiger partial charge in [0, 0.05) is 30.1 Å². The first-order chi connectivity index (χ1) is 10.1. The van der Waals surface area contributed by atoms with Gasteiger partial charge in [0.25, 0.3) is 0 Å². The van der Waals surface area contributed by atoms with Gasteiger partial charge in [0.2, 0.25) is 5.91 Å². The molecule has 21 heavy (non-hydrogen) atoms. The van der Waals surface area contributed by atoms with Crippen molar-refractivity contribution in [3.05, 3.63) is 36.0 Å². The van der Waals surface area contributed by atoms with Crippen molar-refractivity contribution in [2.75, 3.05) is 6.54 Å². The number of nitrogens with two attached hydrogens (primary N) is 1. The van der Waals surface area contributed by atoms with E-state index >= 15 is 0 Å². The molecule has 1 heterocycles. The number of fused-ring (bicyclic) bond motifs is 1. The molecule has 0 bridgehead atoms. The van der Waals surface area contributed by atoms with Crippen molar-refractivity contribution in [3.63, 3.8) is 0 Å². The molecule has 0 fully saturated rings. The Morgan fingerprint density at radius 2 is 2.10 bits per heavy atom. The third-order valence-corrected chi connectivity index (χ3v) is 3.32. The van der Waals surface area contributed by atoms with Crippen LogP contribution >= 0.6 is 0 Å². The van der Waals surface area contributed by atoms with Gasteiger partial charge in [0.1, 0.15) is 0 Å². The van der Waals surface area contributed by atoms with E-state index < -0.39 is 12.0 Å². The minimum absolute atomic E-state index is 0.0396.